The third kappa shape index (κ3) is 3.56. The molecule has 1 unspecified atom stereocenters. The summed E-state index contributed by atoms with van der Waals surface area (Å²) in [6.45, 7) is 1.79. The van der Waals surface area contributed by atoms with Gasteiger partial charge in [0.05, 0.1) is 17.6 Å². The molecular weight excluding hydrogens is 327 g/mol. The van der Waals surface area contributed by atoms with E-state index >= 15 is 0 Å². The molecule has 6 nitrogen and oxygen atoms in total. The lowest BCUT2D eigenvalue weighted by atomic mass is 10.2. The molecule has 0 aliphatic carbocycles. The van der Waals surface area contributed by atoms with Crippen molar-refractivity contribution < 1.29 is 22.7 Å². The first kappa shape index (κ1) is 17.9. The van der Waals surface area contributed by atoms with Crippen molar-refractivity contribution in [3.63, 3.8) is 0 Å². The van der Waals surface area contributed by atoms with Gasteiger partial charge in [0.1, 0.15) is 6.04 Å². The van der Waals surface area contributed by atoms with E-state index in [1.54, 1.807) is 6.07 Å². The minimum atomic E-state index is -4.91. The molecule has 0 aliphatic rings. The maximum atomic E-state index is 13.1. The zero-order valence-corrected chi connectivity index (χ0v) is 13.1. The first-order valence-electron chi connectivity index (χ1n) is 7.12. The fourth-order valence-electron chi connectivity index (χ4n) is 2.26. The second kappa shape index (κ2) is 7.00. The van der Waals surface area contributed by atoms with E-state index in [-0.39, 0.29) is 24.2 Å². The summed E-state index contributed by atoms with van der Waals surface area (Å²) in [6, 6.07) is 4.73. The Morgan fingerprint density at radius 2 is 2.04 bits per heavy atom. The molecule has 0 bridgehead atoms. The fraction of sp³-hybridized carbons (Fsp3) is 0.400. The molecule has 9 heteroatoms. The van der Waals surface area contributed by atoms with Crippen molar-refractivity contribution in [1.82, 2.24) is 14.9 Å². The van der Waals surface area contributed by atoms with E-state index in [1.807, 2.05) is 0 Å². The maximum Gasteiger partial charge on any atom is 0.438 e. The van der Waals surface area contributed by atoms with E-state index < -0.39 is 29.4 Å². The zero-order chi connectivity index (χ0) is 17.9. The minimum Gasteiger partial charge on any atom is -0.383 e. The number of carbonyl (C=O) groups excluding carboxylic acids is 1. The van der Waals surface area contributed by atoms with Crippen molar-refractivity contribution in [2.75, 3.05) is 20.3 Å². The van der Waals surface area contributed by atoms with Crippen LogP contribution >= 0.6 is 0 Å². The van der Waals surface area contributed by atoms with Gasteiger partial charge in [-0.3, -0.25) is 14.2 Å². The van der Waals surface area contributed by atoms with Crippen LogP contribution in [0.2, 0.25) is 0 Å². The Hall–Kier alpha value is -2.42. The highest BCUT2D eigenvalue weighted by molar-refractivity contribution is 5.83. The molecular formula is C15H16F3N3O3. The van der Waals surface area contributed by atoms with Crippen LogP contribution in [0.15, 0.2) is 29.1 Å². The van der Waals surface area contributed by atoms with Gasteiger partial charge in [0.15, 0.2) is 0 Å². The molecule has 0 spiro atoms. The van der Waals surface area contributed by atoms with Gasteiger partial charge >= 0.3 is 6.18 Å². The summed E-state index contributed by atoms with van der Waals surface area (Å²) >= 11 is 0. The van der Waals surface area contributed by atoms with Crippen molar-refractivity contribution in [3.8, 4) is 0 Å². The van der Waals surface area contributed by atoms with Crippen LogP contribution < -0.4 is 10.9 Å². The largest absolute Gasteiger partial charge is 0.438 e. The lowest BCUT2D eigenvalue weighted by Gasteiger charge is -2.19. The van der Waals surface area contributed by atoms with Crippen LogP contribution in [0.1, 0.15) is 18.7 Å². The number of carbonyl (C=O) groups is 1. The number of ether oxygens (including phenoxy) is 1. The summed E-state index contributed by atoms with van der Waals surface area (Å²) in [5.41, 5.74) is -2.75. The van der Waals surface area contributed by atoms with Gasteiger partial charge in [-0.2, -0.15) is 13.2 Å². The van der Waals surface area contributed by atoms with Gasteiger partial charge < -0.3 is 10.1 Å². The Balaban J connectivity index is 2.57. The summed E-state index contributed by atoms with van der Waals surface area (Å²) in [6.07, 6.45) is -4.91. The van der Waals surface area contributed by atoms with Crippen LogP contribution in [0, 0.1) is 0 Å². The smallest absolute Gasteiger partial charge is 0.383 e. The number of amides is 1. The first-order chi connectivity index (χ1) is 11.3. The van der Waals surface area contributed by atoms with Crippen molar-refractivity contribution in [2.45, 2.75) is 19.1 Å². The van der Waals surface area contributed by atoms with Gasteiger partial charge in [0, 0.05) is 13.7 Å². The van der Waals surface area contributed by atoms with Crippen LogP contribution in [-0.2, 0) is 15.7 Å². The lowest BCUT2D eigenvalue weighted by Crippen LogP contribution is -2.39. The third-order valence-corrected chi connectivity index (χ3v) is 3.44. The van der Waals surface area contributed by atoms with Crippen molar-refractivity contribution in [1.29, 1.82) is 0 Å². The summed E-state index contributed by atoms with van der Waals surface area (Å²) in [4.78, 5) is 27.8. The van der Waals surface area contributed by atoms with Crippen LogP contribution in [-0.4, -0.2) is 35.7 Å². The molecule has 1 amide bonds. The van der Waals surface area contributed by atoms with Crippen LogP contribution in [0.5, 0.6) is 0 Å². The Labute approximate surface area is 135 Å². The summed E-state index contributed by atoms with van der Waals surface area (Å²) in [7, 11) is 1.45. The fourth-order valence-corrected chi connectivity index (χ4v) is 2.26. The minimum absolute atomic E-state index is 0.0130. The number of benzene rings is 1. The lowest BCUT2D eigenvalue weighted by molar-refractivity contribution is -0.142. The second-order valence-corrected chi connectivity index (χ2v) is 5.08. The van der Waals surface area contributed by atoms with Crippen molar-refractivity contribution in [3.05, 3.63) is 40.3 Å². The van der Waals surface area contributed by atoms with Gasteiger partial charge in [-0.05, 0) is 19.1 Å². The van der Waals surface area contributed by atoms with E-state index in [4.69, 9.17) is 4.74 Å². The average Bonchev–Trinajstić information content (AvgIpc) is 2.52. The molecule has 1 aromatic carbocycles. The van der Waals surface area contributed by atoms with Gasteiger partial charge in [0.2, 0.25) is 11.6 Å². The number of fused-ring (bicyclic) bond motifs is 1. The molecule has 1 atom stereocenters. The highest BCUT2D eigenvalue weighted by Crippen LogP contribution is 2.27. The normalized spacial score (nSPS) is 13.0. The van der Waals surface area contributed by atoms with Crippen molar-refractivity contribution >= 4 is 16.9 Å². The van der Waals surface area contributed by atoms with E-state index in [9.17, 15) is 22.8 Å². The standard InChI is InChI=1S/C15H16F3N3O3/c1-9(13(22)19-7-8-24-2)21-11-6-4-3-5-10(11)20-12(14(21)23)15(16,17)18/h3-6,9H,7-8H2,1-2H3,(H,19,22). The highest BCUT2D eigenvalue weighted by atomic mass is 19.4. The number of rotatable bonds is 5. The maximum absolute atomic E-state index is 13.1. The average molecular weight is 343 g/mol. The molecule has 1 heterocycles. The number of para-hydroxylation sites is 2. The molecule has 2 aromatic rings. The molecule has 0 saturated carbocycles. The second-order valence-electron chi connectivity index (χ2n) is 5.08. The van der Waals surface area contributed by atoms with E-state index in [0.29, 0.717) is 0 Å². The number of nitrogens with one attached hydrogen (secondary N) is 1. The predicted octanol–water partition coefficient (Wildman–Crippen LogP) is 1.74. The molecule has 24 heavy (non-hydrogen) atoms. The SMILES string of the molecule is COCCNC(=O)C(C)n1c(=O)c(C(F)(F)F)nc2ccccc21. The number of halogens is 3. The zero-order valence-electron chi connectivity index (χ0n) is 13.1. The number of hydrogen-bond acceptors (Lipinski definition) is 4. The first-order valence-corrected chi connectivity index (χ1v) is 7.12. The van der Waals surface area contributed by atoms with E-state index in [1.165, 1.54) is 32.2 Å². The topological polar surface area (TPSA) is 73.2 Å². The molecule has 2 rings (SSSR count). The quantitative estimate of drug-likeness (QED) is 0.840. The molecule has 1 N–H and O–H groups in total. The Morgan fingerprint density at radius 3 is 2.67 bits per heavy atom. The van der Waals surface area contributed by atoms with Gasteiger partial charge in [-0.1, -0.05) is 12.1 Å². The summed E-state index contributed by atoms with van der Waals surface area (Å²) in [5, 5.41) is 2.51. The molecule has 0 saturated heterocycles. The van der Waals surface area contributed by atoms with E-state index in [2.05, 4.69) is 10.3 Å². The van der Waals surface area contributed by atoms with Gasteiger partial charge in [0.25, 0.3) is 5.56 Å². The Kier molecular flexibility index (Phi) is 5.23. The van der Waals surface area contributed by atoms with Crippen LogP contribution in [0.25, 0.3) is 11.0 Å². The van der Waals surface area contributed by atoms with Gasteiger partial charge in [-0.25, -0.2) is 4.98 Å². The highest BCUT2D eigenvalue weighted by Gasteiger charge is 2.38. The molecule has 0 radical (unpaired) electrons. The predicted molar refractivity (Wildman–Crippen MR) is 80.6 cm³/mol. The molecule has 0 fully saturated rings. The van der Waals surface area contributed by atoms with Crippen LogP contribution in [0.4, 0.5) is 13.2 Å². The number of nitrogens with zero attached hydrogens (tertiary/aromatic N) is 2. The molecule has 0 aliphatic heterocycles. The molecule has 130 valence electrons. The molecule has 1 aromatic heterocycles. The Bertz CT molecular complexity index is 802. The van der Waals surface area contributed by atoms with Gasteiger partial charge in [-0.15, -0.1) is 0 Å². The number of alkyl halides is 3. The summed E-state index contributed by atoms with van der Waals surface area (Å²) in [5.74, 6) is -0.585. The van der Waals surface area contributed by atoms with Crippen LogP contribution in [0.3, 0.4) is 0 Å². The van der Waals surface area contributed by atoms with Crippen molar-refractivity contribution in [2.24, 2.45) is 0 Å². The monoisotopic (exact) mass is 343 g/mol. The number of hydrogen-bond donors (Lipinski definition) is 1. The van der Waals surface area contributed by atoms with E-state index in [0.717, 1.165) is 4.57 Å². The number of methoxy groups -OCH3 is 1. The Morgan fingerprint density at radius 1 is 1.38 bits per heavy atom. The number of aromatic nitrogens is 2. The summed E-state index contributed by atoms with van der Waals surface area (Å²) < 4.78 is 44.8. The third-order valence-electron chi connectivity index (χ3n) is 3.44.